The predicted molar refractivity (Wildman–Crippen MR) is 74.8 cm³/mol. The third-order valence-electron chi connectivity index (χ3n) is 3.29. The molecule has 0 fully saturated rings. The molecule has 0 spiro atoms. The molecule has 0 atom stereocenters. The molecule has 1 amide bonds. The summed E-state index contributed by atoms with van der Waals surface area (Å²) in [5.41, 5.74) is 1.40. The first-order valence-corrected chi connectivity index (χ1v) is 6.53. The van der Waals surface area contributed by atoms with Crippen molar-refractivity contribution in [1.82, 2.24) is 4.90 Å². The van der Waals surface area contributed by atoms with E-state index in [0.29, 0.717) is 23.6 Å². The van der Waals surface area contributed by atoms with Gasteiger partial charge in [-0.3, -0.25) is 4.79 Å². The first-order chi connectivity index (χ1) is 10.1. The summed E-state index contributed by atoms with van der Waals surface area (Å²) in [5.74, 6) is 0.888. The molecule has 1 aliphatic heterocycles. The van der Waals surface area contributed by atoms with E-state index in [1.54, 1.807) is 11.9 Å². The summed E-state index contributed by atoms with van der Waals surface area (Å²) in [5, 5.41) is 0. The van der Waals surface area contributed by atoms with Gasteiger partial charge in [-0.05, 0) is 42.0 Å². The maximum absolute atomic E-state index is 12.9. The zero-order valence-corrected chi connectivity index (χ0v) is 11.5. The monoisotopic (exact) mass is 287 g/mol. The van der Waals surface area contributed by atoms with Crippen LogP contribution in [0.5, 0.6) is 11.5 Å². The average molecular weight is 287 g/mol. The van der Waals surface area contributed by atoms with E-state index in [1.165, 1.54) is 24.3 Å². The Morgan fingerprint density at radius 2 is 1.86 bits per heavy atom. The summed E-state index contributed by atoms with van der Waals surface area (Å²) in [4.78, 5) is 13.8. The van der Waals surface area contributed by atoms with Gasteiger partial charge in [0.1, 0.15) is 5.82 Å². The highest BCUT2D eigenvalue weighted by Gasteiger charge is 2.16. The standard InChI is InChI=1S/C16H14FNO3/c1-18(16(19)12-3-5-13(17)6-4-12)9-11-2-7-14-15(8-11)21-10-20-14/h2-8H,9-10H2,1H3. The van der Waals surface area contributed by atoms with Crippen LogP contribution in [0.15, 0.2) is 42.5 Å². The van der Waals surface area contributed by atoms with Gasteiger partial charge in [0, 0.05) is 19.2 Å². The normalized spacial score (nSPS) is 12.3. The van der Waals surface area contributed by atoms with Crippen LogP contribution in [-0.4, -0.2) is 24.6 Å². The molecule has 2 aromatic carbocycles. The van der Waals surface area contributed by atoms with Gasteiger partial charge in [-0.25, -0.2) is 4.39 Å². The Morgan fingerprint density at radius 1 is 1.14 bits per heavy atom. The zero-order valence-electron chi connectivity index (χ0n) is 11.5. The Hall–Kier alpha value is -2.56. The van der Waals surface area contributed by atoms with Gasteiger partial charge in [0.05, 0.1) is 0 Å². The average Bonchev–Trinajstić information content (AvgIpc) is 2.95. The van der Waals surface area contributed by atoms with Crippen molar-refractivity contribution < 1.29 is 18.7 Å². The molecule has 5 heteroatoms. The number of hydrogen-bond acceptors (Lipinski definition) is 3. The molecule has 0 aromatic heterocycles. The number of ether oxygens (including phenoxy) is 2. The van der Waals surface area contributed by atoms with E-state index in [-0.39, 0.29) is 18.5 Å². The molecular weight excluding hydrogens is 273 g/mol. The minimum atomic E-state index is -0.357. The van der Waals surface area contributed by atoms with Crippen LogP contribution in [0.25, 0.3) is 0 Å². The summed E-state index contributed by atoms with van der Waals surface area (Å²) in [7, 11) is 1.70. The second kappa shape index (κ2) is 5.44. The molecule has 0 bridgehead atoms. The van der Waals surface area contributed by atoms with Gasteiger partial charge in [0.25, 0.3) is 5.91 Å². The molecule has 0 aliphatic carbocycles. The van der Waals surface area contributed by atoms with Gasteiger partial charge >= 0.3 is 0 Å². The number of benzene rings is 2. The summed E-state index contributed by atoms with van der Waals surface area (Å²) >= 11 is 0. The van der Waals surface area contributed by atoms with Crippen LogP contribution in [0.1, 0.15) is 15.9 Å². The molecular formula is C16H14FNO3. The highest BCUT2D eigenvalue weighted by molar-refractivity contribution is 5.93. The van der Waals surface area contributed by atoms with E-state index in [1.807, 2.05) is 18.2 Å². The molecule has 1 heterocycles. The first kappa shape index (κ1) is 13.4. The molecule has 0 saturated carbocycles. The van der Waals surface area contributed by atoms with Crippen LogP contribution in [-0.2, 0) is 6.54 Å². The molecule has 2 aromatic rings. The molecule has 0 radical (unpaired) electrons. The van der Waals surface area contributed by atoms with Crippen molar-refractivity contribution in [2.75, 3.05) is 13.8 Å². The maximum atomic E-state index is 12.9. The molecule has 21 heavy (non-hydrogen) atoms. The number of rotatable bonds is 3. The number of carbonyl (C=O) groups excluding carboxylic acids is 1. The predicted octanol–water partition coefficient (Wildman–Crippen LogP) is 2.83. The Morgan fingerprint density at radius 3 is 2.62 bits per heavy atom. The molecule has 4 nitrogen and oxygen atoms in total. The Labute approximate surface area is 121 Å². The van der Waals surface area contributed by atoms with Crippen molar-refractivity contribution in [3.05, 3.63) is 59.4 Å². The maximum Gasteiger partial charge on any atom is 0.253 e. The summed E-state index contributed by atoms with van der Waals surface area (Å²) in [6.45, 7) is 0.663. The molecule has 0 unspecified atom stereocenters. The van der Waals surface area contributed by atoms with E-state index in [2.05, 4.69) is 0 Å². The van der Waals surface area contributed by atoms with E-state index >= 15 is 0 Å². The fourth-order valence-corrected chi connectivity index (χ4v) is 2.20. The topological polar surface area (TPSA) is 38.8 Å². The van der Waals surface area contributed by atoms with E-state index < -0.39 is 0 Å². The first-order valence-electron chi connectivity index (χ1n) is 6.53. The molecule has 0 saturated heterocycles. The number of amides is 1. The van der Waals surface area contributed by atoms with Gasteiger partial charge in [-0.15, -0.1) is 0 Å². The van der Waals surface area contributed by atoms with Gasteiger partial charge in [-0.2, -0.15) is 0 Å². The number of carbonyl (C=O) groups is 1. The number of fused-ring (bicyclic) bond motifs is 1. The number of nitrogens with zero attached hydrogens (tertiary/aromatic N) is 1. The quantitative estimate of drug-likeness (QED) is 0.871. The summed E-state index contributed by atoms with van der Waals surface area (Å²) < 4.78 is 23.4. The summed E-state index contributed by atoms with van der Waals surface area (Å²) in [6, 6.07) is 11.1. The highest BCUT2D eigenvalue weighted by Crippen LogP contribution is 2.32. The van der Waals surface area contributed by atoms with Crippen LogP contribution in [0.3, 0.4) is 0 Å². The van der Waals surface area contributed by atoms with Crippen LogP contribution in [0.4, 0.5) is 4.39 Å². The number of halogens is 1. The van der Waals surface area contributed by atoms with Gasteiger partial charge < -0.3 is 14.4 Å². The van der Waals surface area contributed by atoms with Crippen molar-refractivity contribution in [3.8, 4) is 11.5 Å². The lowest BCUT2D eigenvalue weighted by atomic mass is 10.1. The van der Waals surface area contributed by atoms with Crippen LogP contribution < -0.4 is 9.47 Å². The lowest BCUT2D eigenvalue weighted by Crippen LogP contribution is -2.26. The van der Waals surface area contributed by atoms with Crippen LogP contribution in [0.2, 0.25) is 0 Å². The Bertz CT molecular complexity index is 670. The Balaban J connectivity index is 1.72. The fourth-order valence-electron chi connectivity index (χ4n) is 2.20. The lowest BCUT2D eigenvalue weighted by molar-refractivity contribution is 0.0785. The minimum Gasteiger partial charge on any atom is -0.454 e. The minimum absolute atomic E-state index is 0.160. The van der Waals surface area contributed by atoms with Crippen molar-refractivity contribution in [1.29, 1.82) is 0 Å². The molecule has 1 aliphatic rings. The fraction of sp³-hybridized carbons (Fsp3) is 0.188. The van der Waals surface area contributed by atoms with Crippen molar-refractivity contribution in [3.63, 3.8) is 0 Å². The van der Waals surface area contributed by atoms with Crippen molar-refractivity contribution >= 4 is 5.91 Å². The third kappa shape index (κ3) is 2.81. The summed E-state index contributed by atoms with van der Waals surface area (Å²) in [6.07, 6.45) is 0. The molecule has 3 rings (SSSR count). The third-order valence-corrected chi connectivity index (χ3v) is 3.29. The SMILES string of the molecule is CN(Cc1ccc2c(c1)OCO2)C(=O)c1ccc(F)cc1. The van der Waals surface area contributed by atoms with Crippen molar-refractivity contribution in [2.24, 2.45) is 0 Å². The Kier molecular flexibility index (Phi) is 3.48. The van der Waals surface area contributed by atoms with Gasteiger partial charge in [0.15, 0.2) is 11.5 Å². The van der Waals surface area contributed by atoms with Gasteiger partial charge in [0.2, 0.25) is 6.79 Å². The zero-order chi connectivity index (χ0) is 14.8. The van der Waals surface area contributed by atoms with Gasteiger partial charge in [-0.1, -0.05) is 6.07 Å². The van der Waals surface area contributed by atoms with Crippen LogP contribution in [0, 0.1) is 5.82 Å². The lowest BCUT2D eigenvalue weighted by Gasteiger charge is -2.17. The van der Waals surface area contributed by atoms with Crippen LogP contribution >= 0.6 is 0 Å². The second-order valence-corrected chi connectivity index (χ2v) is 4.86. The molecule has 108 valence electrons. The largest absolute Gasteiger partial charge is 0.454 e. The molecule has 0 N–H and O–H groups in total. The van der Waals surface area contributed by atoms with E-state index in [0.717, 1.165) is 5.56 Å². The van der Waals surface area contributed by atoms with E-state index in [9.17, 15) is 9.18 Å². The smallest absolute Gasteiger partial charge is 0.253 e. The van der Waals surface area contributed by atoms with E-state index in [4.69, 9.17) is 9.47 Å². The second-order valence-electron chi connectivity index (χ2n) is 4.86. The highest BCUT2D eigenvalue weighted by atomic mass is 19.1. The van der Waals surface area contributed by atoms with Crippen molar-refractivity contribution in [2.45, 2.75) is 6.54 Å². The number of hydrogen-bond donors (Lipinski definition) is 0.